The van der Waals surface area contributed by atoms with Crippen LogP contribution in [-0.4, -0.2) is 21.5 Å². The van der Waals surface area contributed by atoms with E-state index in [-0.39, 0.29) is 5.88 Å². The molecule has 2 aliphatic rings. The van der Waals surface area contributed by atoms with Gasteiger partial charge in [-0.3, -0.25) is 4.98 Å². The van der Waals surface area contributed by atoms with Crippen molar-refractivity contribution in [1.29, 1.82) is 0 Å². The molecule has 5 rings (SSSR count). The van der Waals surface area contributed by atoms with E-state index in [2.05, 4.69) is 32.0 Å². The molecule has 0 radical (unpaired) electrons. The van der Waals surface area contributed by atoms with Gasteiger partial charge in [0, 0.05) is 36.8 Å². The van der Waals surface area contributed by atoms with Gasteiger partial charge in [-0.15, -0.1) is 0 Å². The van der Waals surface area contributed by atoms with Crippen LogP contribution in [0.3, 0.4) is 0 Å². The first-order valence-electron chi connectivity index (χ1n) is 9.35. The molecular weight excluding hydrogens is 383 g/mol. The van der Waals surface area contributed by atoms with Crippen molar-refractivity contribution in [3.05, 3.63) is 103 Å². The minimum absolute atomic E-state index is 0.178. The van der Waals surface area contributed by atoms with E-state index in [1.165, 1.54) is 18.3 Å². The number of halogens is 1. The smallest absolute Gasteiger partial charge is 0.222 e. The van der Waals surface area contributed by atoms with Crippen molar-refractivity contribution < 1.29 is 13.9 Å². The van der Waals surface area contributed by atoms with Gasteiger partial charge in [-0.05, 0) is 30.4 Å². The van der Waals surface area contributed by atoms with Gasteiger partial charge in [0.1, 0.15) is 23.1 Å². The van der Waals surface area contributed by atoms with Crippen LogP contribution in [0.4, 0.5) is 10.1 Å². The molecule has 3 aromatic rings. The Kier molecular flexibility index (Phi) is 4.61. The Balaban J connectivity index is 1.32. The third-order valence-corrected chi connectivity index (χ3v) is 4.56. The van der Waals surface area contributed by atoms with E-state index >= 15 is 0 Å². The molecule has 0 saturated carbocycles. The van der Waals surface area contributed by atoms with Crippen LogP contribution in [0, 0.1) is 5.82 Å². The minimum Gasteiger partial charge on any atom is -0.456 e. The Bertz CT molecular complexity index is 1180. The molecular formula is C23H17FN4O2. The molecule has 2 aromatic heterocycles. The summed E-state index contributed by atoms with van der Waals surface area (Å²) in [6.07, 6.45) is 15.0. The van der Waals surface area contributed by atoms with Crippen molar-refractivity contribution in [3.8, 4) is 23.1 Å². The van der Waals surface area contributed by atoms with Crippen molar-refractivity contribution in [2.75, 3.05) is 11.6 Å². The molecule has 4 heterocycles. The number of anilines is 1. The molecule has 148 valence electrons. The van der Waals surface area contributed by atoms with E-state index in [9.17, 15) is 4.39 Å². The van der Waals surface area contributed by atoms with E-state index in [1.807, 2.05) is 30.5 Å². The molecule has 0 fully saturated rings. The number of pyridine rings is 2. The summed E-state index contributed by atoms with van der Waals surface area (Å²) in [6.45, 7) is 0.714. The molecule has 30 heavy (non-hydrogen) atoms. The average molecular weight is 400 g/mol. The predicted octanol–water partition coefficient (Wildman–Crippen LogP) is 5.20. The fourth-order valence-electron chi connectivity index (χ4n) is 3.18. The maximum absolute atomic E-state index is 13.3. The molecule has 2 aliphatic heterocycles. The highest BCUT2D eigenvalue weighted by Gasteiger charge is 2.20. The summed E-state index contributed by atoms with van der Waals surface area (Å²) in [7, 11) is 0. The summed E-state index contributed by atoms with van der Waals surface area (Å²) >= 11 is 0. The van der Waals surface area contributed by atoms with Crippen molar-refractivity contribution >= 4 is 5.69 Å². The van der Waals surface area contributed by atoms with Gasteiger partial charge in [0.2, 0.25) is 5.88 Å². The van der Waals surface area contributed by atoms with Crippen LogP contribution in [0.15, 0.2) is 97.4 Å². The quantitative estimate of drug-likeness (QED) is 0.586. The fourth-order valence-corrected chi connectivity index (χ4v) is 3.18. The number of hydrogen-bond donors (Lipinski definition) is 0. The molecule has 6 nitrogen and oxygen atoms in total. The van der Waals surface area contributed by atoms with Crippen LogP contribution in [0.1, 0.15) is 0 Å². The van der Waals surface area contributed by atoms with Crippen molar-refractivity contribution in [3.63, 3.8) is 0 Å². The monoisotopic (exact) mass is 400 g/mol. The fraction of sp³-hybridized carbons (Fsp3) is 0.0435. The van der Waals surface area contributed by atoms with Gasteiger partial charge in [-0.2, -0.15) is 0 Å². The maximum Gasteiger partial charge on any atom is 0.222 e. The van der Waals surface area contributed by atoms with Gasteiger partial charge in [-0.25, -0.2) is 9.37 Å². The summed E-state index contributed by atoms with van der Waals surface area (Å²) in [4.78, 5) is 12.6. The van der Waals surface area contributed by atoms with Gasteiger partial charge < -0.3 is 19.3 Å². The first-order valence-corrected chi connectivity index (χ1v) is 9.35. The van der Waals surface area contributed by atoms with Gasteiger partial charge in [-0.1, -0.05) is 12.1 Å². The number of rotatable bonds is 5. The van der Waals surface area contributed by atoms with Crippen LogP contribution in [0.5, 0.6) is 23.1 Å². The summed E-state index contributed by atoms with van der Waals surface area (Å²) in [5.41, 5.74) is 2.05. The molecule has 0 N–H and O–H groups in total. The minimum atomic E-state index is -0.408. The molecule has 0 saturated heterocycles. The SMILES string of the molecule is Fc1ccnc(Oc2cccc(Oc3cncc(N4C=C5C=CC=CN5C4)c3)c2)c1. The second-order valence-electron chi connectivity index (χ2n) is 6.71. The summed E-state index contributed by atoms with van der Waals surface area (Å²) < 4.78 is 24.9. The lowest BCUT2D eigenvalue weighted by Crippen LogP contribution is -2.22. The van der Waals surface area contributed by atoms with Crippen molar-refractivity contribution in [1.82, 2.24) is 14.9 Å². The summed E-state index contributed by atoms with van der Waals surface area (Å²) in [5, 5.41) is 0. The van der Waals surface area contributed by atoms with Crippen LogP contribution in [-0.2, 0) is 0 Å². The van der Waals surface area contributed by atoms with Crippen LogP contribution in [0.2, 0.25) is 0 Å². The number of nitrogens with zero attached hydrogens (tertiary/aromatic N) is 4. The Morgan fingerprint density at radius 1 is 0.900 bits per heavy atom. The molecule has 1 aromatic carbocycles. The van der Waals surface area contributed by atoms with Crippen LogP contribution >= 0.6 is 0 Å². The first-order chi connectivity index (χ1) is 14.7. The third-order valence-electron chi connectivity index (χ3n) is 4.56. The summed E-state index contributed by atoms with van der Waals surface area (Å²) in [6, 6.07) is 11.5. The first kappa shape index (κ1) is 17.9. The van der Waals surface area contributed by atoms with Gasteiger partial charge in [0.25, 0.3) is 0 Å². The molecule has 0 unspecified atom stereocenters. The number of hydrogen-bond acceptors (Lipinski definition) is 6. The van der Waals surface area contributed by atoms with E-state index in [0.29, 0.717) is 23.9 Å². The highest BCUT2D eigenvalue weighted by atomic mass is 19.1. The van der Waals surface area contributed by atoms with Gasteiger partial charge in [0.15, 0.2) is 0 Å². The summed E-state index contributed by atoms with van der Waals surface area (Å²) in [5.74, 6) is 1.44. The Morgan fingerprint density at radius 2 is 1.80 bits per heavy atom. The van der Waals surface area contributed by atoms with Crippen molar-refractivity contribution in [2.45, 2.75) is 0 Å². The zero-order valence-electron chi connectivity index (χ0n) is 15.9. The predicted molar refractivity (Wildman–Crippen MR) is 111 cm³/mol. The average Bonchev–Trinajstić information content (AvgIpc) is 3.19. The molecule has 0 amide bonds. The zero-order chi connectivity index (χ0) is 20.3. The molecule has 0 aliphatic carbocycles. The van der Waals surface area contributed by atoms with Gasteiger partial charge >= 0.3 is 0 Å². The Labute approximate surface area is 172 Å². The lowest BCUT2D eigenvalue weighted by molar-refractivity contribution is 0.444. The second-order valence-corrected chi connectivity index (χ2v) is 6.71. The Morgan fingerprint density at radius 3 is 2.67 bits per heavy atom. The maximum atomic E-state index is 13.3. The van der Waals surface area contributed by atoms with E-state index in [0.717, 1.165) is 11.4 Å². The lowest BCUT2D eigenvalue weighted by atomic mass is 10.3. The van der Waals surface area contributed by atoms with Gasteiger partial charge in [0.05, 0.1) is 30.4 Å². The molecule has 0 spiro atoms. The lowest BCUT2D eigenvalue weighted by Gasteiger charge is -2.20. The standard InChI is InChI=1S/C23H17FN4O2/c24-17-7-8-26-23(10-17)30-21-6-3-5-20(12-21)29-22-11-19(13-25-14-22)28-15-18-4-1-2-9-27(18)16-28/h1-15H,16H2. The number of allylic oxidation sites excluding steroid dienone is 3. The molecule has 0 atom stereocenters. The van der Waals surface area contributed by atoms with E-state index < -0.39 is 5.82 Å². The highest BCUT2D eigenvalue weighted by molar-refractivity contribution is 5.55. The molecule has 7 heteroatoms. The Hall–Kier alpha value is -4.13. The van der Waals surface area contributed by atoms with E-state index in [4.69, 9.17) is 9.47 Å². The number of fused-ring (bicyclic) bond motifs is 1. The molecule has 0 bridgehead atoms. The topological polar surface area (TPSA) is 50.7 Å². The van der Waals surface area contributed by atoms with Crippen molar-refractivity contribution in [2.24, 2.45) is 0 Å². The number of ether oxygens (including phenoxy) is 2. The largest absolute Gasteiger partial charge is 0.456 e. The normalized spacial score (nSPS) is 14.5. The zero-order valence-corrected chi connectivity index (χ0v) is 15.9. The number of aromatic nitrogens is 2. The van der Waals surface area contributed by atoms with Crippen LogP contribution < -0.4 is 14.4 Å². The second kappa shape index (κ2) is 7.71. The van der Waals surface area contributed by atoms with Crippen LogP contribution in [0.25, 0.3) is 0 Å². The number of benzene rings is 1. The highest BCUT2D eigenvalue weighted by Crippen LogP contribution is 2.31. The van der Waals surface area contributed by atoms with E-state index in [1.54, 1.807) is 30.6 Å². The third kappa shape index (κ3) is 3.86.